The molecule has 2 rings (SSSR count). The Kier molecular flexibility index (Phi) is 4.95. The van der Waals surface area contributed by atoms with E-state index in [1.54, 1.807) is 23.6 Å². The van der Waals surface area contributed by atoms with Crippen LogP contribution in [0.5, 0.6) is 5.88 Å². The van der Waals surface area contributed by atoms with Gasteiger partial charge in [0.1, 0.15) is 0 Å². The molecule has 0 saturated carbocycles. The molecule has 0 aliphatic carbocycles. The van der Waals surface area contributed by atoms with Crippen LogP contribution in [0.3, 0.4) is 0 Å². The van der Waals surface area contributed by atoms with Crippen molar-refractivity contribution in [1.82, 2.24) is 9.97 Å². The van der Waals surface area contributed by atoms with Crippen molar-refractivity contribution in [1.29, 1.82) is 0 Å². The van der Waals surface area contributed by atoms with E-state index in [0.29, 0.717) is 25.0 Å². The molecule has 0 spiro atoms. The maximum Gasteiger partial charge on any atom is 0.226 e. The number of anilines is 1. The van der Waals surface area contributed by atoms with Gasteiger partial charge in [0.25, 0.3) is 0 Å². The SMILES string of the molecule is CCCOc1ccnc(NCc2sccc2Br)n1. The number of aromatic nitrogens is 2. The number of ether oxygens (including phenoxy) is 1. The molecule has 0 unspecified atom stereocenters. The highest BCUT2D eigenvalue weighted by molar-refractivity contribution is 9.10. The fourth-order valence-corrected chi connectivity index (χ4v) is 2.76. The number of rotatable bonds is 6. The molecule has 0 amide bonds. The lowest BCUT2D eigenvalue weighted by Crippen LogP contribution is -2.04. The molecule has 0 aromatic carbocycles. The third kappa shape index (κ3) is 3.68. The number of hydrogen-bond acceptors (Lipinski definition) is 5. The molecule has 2 aromatic rings. The lowest BCUT2D eigenvalue weighted by Gasteiger charge is -2.06. The van der Waals surface area contributed by atoms with Gasteiger partial charge in [-0.1, -0.05) is 6.92 Å². The van der Waals surface area contributed by atoms with Gasteiger partial charge in [0.2, 0.25) is 11.8 Å². The Bertz CT molecular complexity index is 504. The molecule has 2 aromatic heterocycles. The summed E-state index contributed by atoms with van der Waals surface area (Å²) in [5, 5.41) is 5.23. The second-order valence-electron chi connectivity index (χ2n) is 3.61. The van der Waals surface area contributed by atoms with Gasteiger partial charge in [0.15, 0.2) is 0 Å². The zero-order valence-corrected chi connectivity index (χ0v) is 12.4. The van der Waals surface area contributed by atoms with E-state index in [4.69, 9.17) is 4.74 Å². The smallest absolute Gasteiger partial charge is 0.226 e. The zero-order valence-electron chi connectivity index (χ0n) is 10.0. The maximum atomic E-state index is 5.46. The highest BCUT2D eigenvalue weighted by atomic mass is 79.9. The molecule has 1 N–H and O–H groups in total. The minimum absolute atomic E-state index is 0.587. The van der Waals surface area contributed by atoms with Crippen LogP contribution in [-0.2, 0) is 6.54 Å². The van der Waals surface area contributed by atoms with Gasteiger partial charge < -0.3 is 10.1 Å². The Labute approximate surface area is 119 Å². The van der Waals surface area contributed by atoms with Crippen LogP contribution in [0.2, 0.25) is 0 Å². The molecular formula is C12H14BrN3OS. The first-order valence-corrected chi connectivity index (χ1v) is 7.38. The fourth-order valence-electron chi connectivity index (χ4n) is 1.32. The summed E-state index contributed by atoms with van der Waals surface area (Å²) in [6.07, 6.45) is 2.67. The largest absolute Gasteiger partial charge is 0.478 e. The Hall–Kier alpha value is -1.14. The van der Waals surface area contributed by atoms with E-state index >= 15 is 0 Å². The quantitative estimate of drug-likeness (QED) is 0.878. The molecule has 18 heavy (non-hydrogen) atoms. The van der Waals surface area contributed by atoms with Crippen molar-refractivity contribution < 1.29 is 4.74 Å². The first-order chi connectivity index (χ1) is 8.79. The van der Waals surface area contributed by atoms with Crippen LogP contribution in [0.1, 0.15) is 18.2 Å². The van der Waals surface area contributed by atoms with Crippen LogP contribution in [0.15, 0.2) is 28.2 Å². The maximum absolute atomic E-state index is 5.46. The van der Waals surface area contributed by atoms with Crippen LogP contribution in [0.4, 0.5) is 5.95 Å². The molecule has 0 aliphatic heterocycles. The molecule has 0 fully saturated rings. The molecule has 6 heteroatoms. The van der Waals surface area contributed by atoms with Gasteiger partial charge in [-0.3, -0.25) is 0 Å². The molecule has 4 nitrogen and oxygen atoms in total. The van der Waals surface area contributed by atoms with E-state index in [1.165, 1.54) is 4.88 Å². The predicted octanol–water partition coefficient (Wildman–Crippen LogP) is 3.70. The van der Waals surface area contributed by atoms with Crippen LogP contribution in [0.25, 0.3) is 0 Å². The van der Waals surface area contributed by atoms with Crippen molar-refractivity contribution in [3.8, 4) is 5.88 Å². The third-order valence-corrected chi connectivity index (χ3v) is 4.11. The molecule has 0 atom stereocenters. The van der Waals surface area contributed by atoms with Crippen LogP contribution >= 0.6 is 27.3 Å². The molecule has 96 valence electrons. The second-order valence-corrected chi connectivity index (χ2v) is 5.47. The van der Waals surface area contributed by atoms with E-state index < -0.39 is 0 Å². The second kappa shape index (κ2) is 6.70. The van der Waals surface area contributed by atoms with Crippen LogP contribution in [-0.4, -0.2) is 16.6 Å². The summed E-state index contributed by atoms with van der Waals surface area (Å²) >= 11 is 5.18. The molecular weight excluding hydrogens is 314 g/mol. The number of hydrogen-bond donors (Lipinski definition) is 1. The average Bonchev–Trinajstić information content (AvgIpc) is 2.80. The summed E-state index contributed by atoms with van der Waals surface area (Å²) in [6, 6.07) is 3.80. The topological polar surface area (TPSA) is 47.0 Å². The lowest BCUT2D eigenvalue weighted by molar-refractivity contribution is 0.305. The summed E-state index contributed by atoms with van der Waals surface area (Å²) in [5.41, 5.74) is 0. The van der Waals surface area contributed by atoms with Crippen molar-refractivity contribution in [2.24, 2.45) is 0 Å². The Morgan fingerprint density at radius 3 is 3.06 bits per heavy atom. The Morgan fingerprint density at radius 2 is 2.33 bits per heavy atom. The van der Waals surface area contributed by atoms with Crippen molar-refractivity contribution in [3.05, 3.63) is 33.1 Å². The predicted molar refractivity (Wildman–Crippen MR) is 77.2 cm³/mol. The van der Waals surface area contributed by atoms with E-state index in [0.717, 1.165) is 10.9 Å². The Morgan fingerprint density at radius 1 is 1.44 bits per heavy atom. The Balaban J connectivity index is 1.95. The van der Waals surface area contributed by atoms with Crippen molar-refractivity contribution in [2.45, 2.75) is 19.9 Å². The normalized spacial score (nSPS) is 10.3. The van der Waals surface area contributed by atoms with Gasteiger partial charge in [-0.05, 0) is 33.8 Å². The van der Waals surface area contributed by atoms with E-state index in [1.807, 2.05) is 11.4 Å². The molecule has 0 bridgehead atoms. The van der Waals surface area contributed by atoms with Crippen molar-refractivity contribution >= 4 is 33.2 Å². The monoisotopic (exact) mass is 327 g/mol. The molecule has 0 saturated heterocycles. The zero-order chi connectivity index (χ0) is 12.8. The van der Waals surface area contributed by atoms with Gasteiger partial charge in [-0.2, -0.15) is 4.98 Å². The standard InChI is InChI=1S/C12H14BrN3OS/c1-2-6-17-11-3-5-14-12(16-11)15-8-10-9(13)4-7-18-10/h3-5,7H,2,6,8H2,1H3,(H,14,15,16). The lowest BCUT2D eigenvalue weighted by atomic mass is 10.4. The van der Waals surface area contributed by atoms with Gasteiger partial charge in [-0.25, -0.2) is 4.98 Å². The van der Waals surface area contributed by atoms with Gasteiger partial charge in [0, 0.05) is 21.6 Å². The number of nitrogens with zero attached hydrogens (tertiary/aromatic N) is 2. The number of halogens is 1. The molecule has 2 heterocycles. The first-order valence-electron chi connectivity index (χ1n) is 5.71. The fraction of sp³-hybridized carbons (Fsp3) is 0.333. The number of nitrogens with one attached hydrogen (secondary N) is 1. The van der Waals surface area contributed by atoms with E-state index in [-0.39, 0.29) is 0 Å². The van der Waals surface area contributed by atoms with E-state index in [2.05, 4.69) is 38.1 Å². The van der Waals surface area contributed by atoms with Crippen molar-refractivity contribution in [2.75, 3.05) is 11.9 Å². The highest BCUT2D eigenvalue weighted by Crippen LogP contribution is 2.23. The summed E-state index contributed by atoms with van der Waals surface area (Å²) in [5.74, 6) is 1.20. The summed E-state index contributed by atoms with van der Waals surface area (Å²) in [4.78, 5) is 9.67. The first kappa shape index (κ1) is 13.3. The van der Waals surface area contributed by atoms with Crippen molar-refractivity contribution in [3.63, 3.8) is 0 Å². The van der Waals surface area contributed by atoms with Gasteiger partial charge >= 0.3 is 0 Å². The van der Waals surface area contributed by atoms with Gasteiger partial charge in [0.05, 0.1) is 13.2 Å². The van der Waals surface area contributed by atoms with Gasteiger partial charge in [-0.15, -0.1) is 11.3 Å². The van der Waals surface area contributed by atoms with Crippen LogP contribution in [0, 0.1) is 0 Å². The summed E-state index contributed by atoms with van der Waals surface area (Å²) in [6.45, 7) is 3.44. The summed E-state index contributed by atoms with van der Waals surface area (Å²) < 4.78 is 6.57. The highest BCUT2D eigenvalue weighted by Gasteiger charge is 2.03. The molecule has 0 aliphatic rings. The third-order valence-electron chi connectivity index (χ3n) is 2.18. The average molecular weight is 328 g/mol. The minimum atomic E-state index is 0.587. The van der Waals surface area contributed by atoms with E-state index in [9.17, 15) is 0 Å². The van der Waals surface area contributed by atoms with Crippen LogP contribution < -0.4 is 10.1 Å². The molecule has 0 radical (unpaired) electrons. The minimum Gasteiger partial charge on any atom is -0.478 e. The number of thiophene rings is 1. The summed E-state index contributed by atoms with van der Waals surface area (Å²) in [7, 11) is 0.